The Kier molecular flexibility index (Phi) is 6.34. The van der Waals surface area contributed by atoms with Gasteiger partial charge in [0.15, 0.2) is 0 Å². The number of benzene rings is 1. The monoisotopic (exact) mass is 397 g/mol. The Hall–Kier alpha value is -1.14. The van der Waals surface area contributed by atoms with Gasteiger partial charge in [0.05, 0.1) is 10.7 Å². The molecule has 0 aliphatic carbocycles. The van der Waals surface area contributed by atoms with Gasteiger partial charge in [-0.3, -0.25) is 4.79 Å². The number of likely N-dealkylation sites (tertiary alicyclic amines) is 1. The third-order valence-corrected chi connectivity index (χ3v) is 6.04. The highest BCUT2D eigenvalue weighted by molar-refractivity contribution is 7.17. The highest BCUT2D eigenvalue weighted by atomic mass is 35.5. The molecule has 2 aromatic rings. The second-order valence-electron chi connectivity index (χ2n) is 6.22. The summed E-state index contributed by atoms with van der Waals surface area (Å²) in [5, 5.41) is 4.86. The lowest BCUT2D eigenvalue weighted by molar-refractivity contribution is 0.0955. The van der Waals surface area contributed by atoms with Gasteiger partial charge in [-0.2, -0.15) is 0 Å². The van der Waals surface area contributed by atoms with Crippen molar-refractivity contribution in [3.05, 3.63) is 38.8 Å². The van der Waals surface area contributed by atoms with Crippen LogP contribution in [-0.4, -0.2) is 42.0 Å². The largest absolute Gasteiger partial charge is 0.351 e. The first-order valence-corrected chi connectivity index (χ1v) is 10.1. The summed E-state index contributed by atoms with van der Waals surface area (Å²) in [6.45, 7) is 5.96. The number of aromatic nitrogens is 1. The summed E-state index contributed by atoms with van der Waals surface area (Å²) in [5.74, 6) is -0.0623. The van der Waals surface area contributed by atoms with Crippen molar-refractivity contribution in [1.29, 1.82) is 0 Å². The number of hydrogen-bond donors (Lipinski definition) is 1. The molecular weight excluding hydrogens is 377 g/mol. The molecule has 1 fully saturated rings. The minimum absolute atomic E-state index is 0.0623. The lowest BCUT2D eigenvalue weighted by Crippen LogP contribution is -2.28. The van der Waals surface area contributed by atoms with E-state index in [1.165, 1.54) is 37.3 Å². The number of carbonyl (C=O) groups excluding carboxylic acids is 1. The molecule has 1 aliphatic rings. The number of halogens is 2. The van der Waals surface area contributed by atoms with Gasteiger partial charge in [0.25, 0.3) is 5.91 Å². The molecule has 1 amide bonds. The summed E-state index contributed by atoms with van der Waals surface area (Å²) < 4.78 is 0. The van der Waals surface area contributed by atoms with Crippen molar-refractivity contribution in [2.75, 3.05) is 26.2 Å². The quantitative estimate of drug-likeness (QED) is 0.721. The van der Waals surface area contributed by atoms with Crippen molar-refractivity contribution < 1.29 is 4.79 Å². The predicted molar refractivity (Wildman–Crippen MR) is 105 cm³/mol. The first-order chi connectivity index (χ1) is 12.0. The van der Waals surface area contributed by atoms with E-state index >= 15 is 0 Å². The van der Waals surface area contributed by atoms with Gasteiger partial charge >= 0.3 is 0 Å². The Morgan fingerprint density at radius 2 is 2.08 bits per heavy atom. The van der Waals surface area contributed by atoms with Crippen molar-refractivity contribution in [1.82, 2.24) is 15.2 Å². The van der Waals surface area contributed by atoms with Crippen LogP contribution in [0.2, 0.25) is 10.0 Å². The van der Waals surface area contributed by atoms with E-state index in [1.54, 1.807) is 12.1 Å². The Morgan fingerprint density at radius 1 is 1.32 bits per heavy atom. The summed E-state index contributed by atoms with van der Waals surface area (Å²) in [6, 6.07) is 5.30. The molecule has 0 bridgehead atoms. The van der Waals surface area contributed by atoms with E-state index in [0.717, 1.165) is 29.2 Å². The SMILES string of the molecule is Cc1nc(-c2ccc(Cl)cc2Cl)sc1C(=O)NCCCN1CCCC1. The summed E-state index contributed by atoms with van der Waals surface area (Å²) in [5.41, 5.74) is 1.52. The molecular formula is C18H21Cl2N3OS. The Balaban J connectivity index is 1.60. The van der Waals surface area contributed by atoms with E-state index in [4.69, 9.17) is 23.2 Å². The lowest BCUT2D eigenvalue weighted by Gasteiger charge is -2.14. The van der Waals surface area contributed by atoms with Crippen molar-refractivity contribution >= 4 is 40.4 Å². The summed E-state index contributed by atoms with van der Waals surface area (Å²) >= 11 is 13.6. The number of amides is 1. The van der Waals surface area contributed by atoms with Gasteiger partial charge in [0, 0.05) is 17.1 Å². The third-order valence-electron chi connectivity index (χ3n) is 4.30. The minimum atomic E-state index is -0.0623. The zero-order valence-electron chi connectivity index (χ0n) is 14.1. The van der Waals surface area contributed by atoms with Crippen molar-refractivity contribution in [3.8, 4) is 10.6 Å². The molecule has 0 saturated carbocycles. The Bertz CT molecular complexity index is 757. The minimum Gasteiger partial charge on any atom is -0.351 e. The van der Waals surface area contributed by atoms with E-state index in [0.29, 0.717) is 21.5 Å². The van der Waals surface area contributed by atoms with Gasteiger partial charge in [-0.15, -0.1) is 11.3 Å². The van der Waals surface area contributed by atoms with Crippen LogP contribution < -0.4 is 5.32 Å². The fourth-order valence-corrected chi connectivity index (χ4v) is 4.55. The van der Waals surface area contributed by atoms with Gasteiger partial charge in [-0.1, -0.05) is 23.2 Å². The maximum atomic E-state index is 12.4. The number of aryl methyl sites for hydroxylation is 1. The molecule has 0 atom stereocenters. The highest BCUT2D eigenvalue weighted by Crippen LogP contribution is 2.34. The zero-order chi connectivity index (χ0) is 17.8. The van der Waals surface area contributed by atoms with Gasteiger partial charge in [-0.25, -0.2) is 4.98 Å². The van der Waals surface area contributed by atoms with E-state index in [9.17, 15) is 4.79 Å². The van der Waals surface area contributed by atoms with Crippen molar-refractivity contribution in [2.45, 2.75) is 26.2 Å². The summed E-state index contributed by atoms with van der Waals surface area (Å²) in [7, 11) is 0. The second kappa shape index (κ2) is 8.49. The molecule has 4 nitrogen and oxygen atoms in total. The predicted octanol–water partition coefficient (Wildman–Crippen LogP) is 4.64. The van der Waals surface area contributed by atoms with Crippen LogP contribution in [-0.2, 0) is 0 Å². The Labute approximate surface area is 162 Å². The molecule has 25 heavy (non-hydrogen) atoms. The first-order valence-electron chi connectivity index (χ1n) is 8.48. The van der Waals surface area contributed by atoms with Crippen LogP contribution in [0.15, 0.2) is 18.2 Å². The van der Waals surface area contributed by atoms with Crippen molar-refractivity contribution in [3.63, 3.8) is 0 Å². The van der Waals surface area contributed by atoms with E-state index < -0.39 is 0 Å². The third kappa shape index (κ3) is 4.73. The van der Waals surface area contributed by atoms with E-state index in [2.05, 4.69) is 15.2 Å². The topological polar surface area (TPSA) is 45.2 Å². The van der Waals surface area contributed by atoms with Crippen molar-refractivity contribution in [2.24, 2.45) is 0 Å². The molecule has 1 aliphatic heterocycles. The maximum absolute atomic E-state index is 12.4. The average Bonchev–Trinajstić information content (AvgIpc) is 3.21. The van der Waals surface area contributed by atoms with Crippen LogP contribution >= 0.6 is 34.5 Å². The molecule has 0 radical (unpaired) electrons. The number of nitrogens with one attached hydrogen (secondary N) is 1. The molecule has 1 aromatic carbocycles. The molecule has 0 spiro atoms. The molecule has 3 rings (SSSR count). The number of carbonyl (C=O) groups is 1. The average molecular weight is 398 g/mol. The number of hydrogen-bond acceptors (Lipinski definition) is 4. The van der Waals surface area contributed by atoms with E-state index in [1.807, 2.05) is 13.0 Å². The van der Waals surface area contributed by atoms with Crippen LogP contribution in [0.5, 0.6) is 0 Å². The standard InChI is InChI=1S/C18H21Cl2N3OS/c1-12-16(17(24)21-7-4-10-23-8-2-3-9-23)25-18(22-12)14-6-5-13(19)11-15(14)20/h5-6,11H,2-4,7-10H2,1H3,(H,21,24). The van der Waals surface area contributed by atoms with Crippen LogP contribution in [0.25, 0.3) is 10.6 Å². The summed E-state index contributed by atoms with van der Waals surface area (Å²) in [6.07, 6.45) is 3.56. The first kappa shape index (κ1) is 18.6. The van der Waals surface area contributed by atoms with Crippen LogP contribution in [0, 0.1) is 6.92 Å². The van der Waals surface area contributed by atoms with Gasteiger partial charge in [-0.05, 0) is 64.0 Å². The number of thiazole rings is 1. The number of rotatable bonds is 6. The van der Waals surface area contributed by atoms with Gasteiger partial charge < -0.3 is 10.2 Å². The van der Waals surface area contributed by atoms with Gasteiger partial charge in [0.1, 0.15) is 9.88 Å². The van der Waals surface area contributed by atoms with Crippen LogP contribution in [0.4, 0.5) is 0 Å². The van der Waals surface area contributed by atoms with Crippen LogP contribution in [0.3, 0.4) is 0 Å². The molecule has 2 heterocycles. The number of nitrogens with zero attached hydrogens (tertiary/aromatic N) is 2. The lowest BCUT2D eigenvalue weighted by atomic mass is 10.2. The fraction of sp³-hybridized carbons (Fsp3) is 0.444. The molecule has 1 aromatic heterocycles. The summed E-state index contributed by atoms with van der Waals surface area (Å²) in [4.78, 5) is 20.0. The zero-order valence-corrected chi connectivity index (χ0v) is 16.5. The molecule has 7 heteroatoms. The molecule has 1 N–H and O–H groups in total. The smallest absolute Gasteiger partial charge is 0.263 e. The van der Waals surface area contributed by atoms with E-state index in [-0.39, 0.29) is 5.91 Å². The second-order valence-corrected chi connectivity index (χ2v) is 8.06. The van der Waals surface area contributed by atoms with Crippen LogP contribution in [0.1, 0.15) is 34.6 Å². The fourth-order valence-electron chi connectivity index (χ4n) is 2.98. The highest BCUT2D eigenvalue weighted by Gasteiger charge is 2.18. The maximum Gasteiger partial charge on any atom is 0.263 e. The van der Waals surface area contributed by atoms with Gasteiger partial charge in [0.2, 0.25) is 0 Å². The molecule has 1 saturated heterocycles. The normalized spacial score (nSPS) is 14.8. The molecule has 134 valence electrons. The molecule has 0 unspecified atom stereocenters. The Morgan fingerprint density at radius 3 is 2.80 bits per heavy atom.